The second-order valence-corrected chi connectivity index (χ2v) is 7.42. The van der Waals surface area contributed by atoms with Crippen LogP contribution in [0, 0.1) is 0 Å². The zero-order valence-electron chi connectivity index (χ0n) is 17.0. The van der Waals surface area contributed by atoms with Crippen molar-refractivity contribution in [2.45, 2.75) is 122 Å². The van der Waals surface area contributed by atoms with E-state index in [9.17, 15) is 4.79 Å². The second-order valence-electron chi connectivity index (χ2n) is 7.42. The average molecular weight is 356 g/mol. The highest BCUT2D eigenvalue weighted by atomic mass is 16.5. The molecule has 0 spiro atoms. The third-order valence-corrected chi connectivity index (χ3v) is 4.85. The van der Waals surface area contributed by atoms with Crippen LogP contribution < -0.4 is 5.73 Å². The number of hydrogen-bond acceptors (Lipinski definition) is 3. The van der Waals surface area contributed by atoms with Gasteiger partial charge < -0.3 is 10.5 Å². The Kier molecular flexibility index (Phi) is 21.0. The molecule has 150 valence electrons. The monoisotopic (exact) mass is 355 g/mol. The number of esters is 1. The molecule has 0 aliphatic heterocycles. The number of unbranched alkanes of at least 4 members (excludes halogenated alkanes) is 15. The smallest absolute Gasteiger partial charge is 0.305 e. The van der Waals surface area contributed by atoms with Crippen LogP contribution in [0.4, 0.5) is 0 Å². The normalized spacial score (nSPS) is 11.0. The summed E-state index contributed by atoms with van der Waals surface area (Å²) in [5, 5.41) is 0. The minimum absolute atomic E-state index is 0.0913. The first-order chi connectivity index (χ1) is 12.3. The van der Waals surface area contributed by atoms with Gasteiger partial charge in [-0.05, 0) is 19.4 Å². The average Bonchev–Trinajstić information content (AvgIpc) is 2.62. The van der Waals surface area contributed by atoms with E-state index in [1.807, 2.05) is 0 Å². The Morgan fingerprint density at radius 3 is 1.44 bits per heavy atom. The number of hydrogen-bond donors (Lipinski definition) is 1. The minimum Gasteiger partial charge on any atom is -0.466 e. The van der Waals surface area contributed by atoms with Crippen LogP contribution in [-0.2, 0) is 9.53 Å². The number of ether oxygens (including phenoxy) is 1. The van der Waals surface area contributed by atoms with E-state index in [-0.39, 0.29) is 5.97 Å². The quantitative estimate of drug-likeness (QED) is 0.199. The van der Waals surface area contributed by atoms with Crippen molar-refractivity contribution in [2.24, 2.45) is 5.73 Å². The Morgan fingerprint density at radius 1 is 0.640 bits per heavy atom. The van der Waals surface area contributed by atoms with Crippen LogP contribution >= 0.6 is 0 Å². The summed E-state index contributed by atoms with van der Waals surface area (Å²) in [6.07, 6.45) is 23.0. The van der Waals surface area contributed by atoms with Crippen LogP contribution in [-0.4, -0.2) is 19.1 Å². The lowest BCUT2D eigenvalue weighted by Crippen LogP contribution is -2.08. The number of carbonyl (C=O) groups excluding carboxylic acids is 1. The summed E-state index contributed by atoms with van der Waals surface area (Å²) in [7, 11) is 0. The molecule has 0 fully saturated rings. The summed E-state index contributed by atoms with van der Waals surface area (Å²) in [6.45, 7) is 3.43. The summed E-state index contributed by atoms with van der Waals surface area (Å²) in [5.74, 6) is -0.0913. The van der Waals surface area contributed by atoms with Gasteiger partial charge in [-0.25, -0.2) is 0 Å². The van der Waals surface area contributed by atoms with Gasteiger partial charge in [0.2, 0.25) is 0 Å². The molecule has 0 aromatic rings. The molecule has 0 atom stereocenters. The summed E-state index contributed by atoms with van der Waals surface area (Å²) < 4.78 is 5.17. The highest BCUT2D eigenvalue weighted by Crippen LogP contribution is 2.13. The van der Waals surface area contributed by atoms with E-state index in [1.165, 1.54) is 96.3 Å². The Bertz CT molecular complexity index is 269. The van der Waals surface area contributed by atoms with Crippen molar-refractivity contribution in [3.8, 4) is 0 Å². The molecule has 0 unspecified atom stereocenters. The van der Waals surface area contributed by atoms with Gasteiger partial charge in [-0.1, -0.05) is 103 Å². The lowest BCUT2D eigenvalue weighted by molar-refractivity contribution is -0.143. The van der Waals surface area contributed by atoms with E-state index in [0.29, 0.717) is 19.6 Å². The molecule has 0 aromatic carbocycles. The maximum absolute atomic E-state index is 11.3. The fourth-order valence-corrected chi connectivity index (χ4v) is 3.15. The van der Waals surface area contributed by atoms with Crippen molar-refractivity contribution < 1.29 is 9.53 Å². The molecular formula is C22H45NO2. The standard InChI is InChI=1S/C22H45NO2/c1-2-3-4-5-6-7-8-9-10-11-12-13-14-15-16-17-21-25-22(24)19-18-20-23/h2-21,23H2,1H3. The van der Waals surface area contributed by atoms with Gasteiger partial charge >= 0.3 is 5.97 Å². The van der Waals surface area contributed by atoms with E-state index < -0.39 is 0 Å². The molecule has 3 nitrogen and oxygen atoms in total. The lowest BCUT2D eigenvalue weighted by atomic mass is 10.0. The van der Waals surface area contributed by atoms with Crippen LogP contribution in [0.15, 0.2) is 0 Å². The van der Waals surface area contributed by atoms with Gasteiger partial charge in [0.1, 0.15) is 0 Å². The third-order valence-electron chi connectivity index (χ3n) is 4.85. The topological polar surface area (TPSA) is 52.3 Å². The van der Waals surface area contributed by atoms with Gasteiger partial charge in [-0.2, -0.15) is 0 Å². The highest BCUT2D eigenvalue weighted by molar-refractivity contribution is 5.69. The van der Waals surface area contributed by atoms with Crippen LogP contribution in [0.1, 0.15) is 122 Å². The molecule has 0 aliphatic rings. The summed E-state index contributed by atoms with van der Waals surface area (Å²) in [6, 6.07) is 0. The summed E-state index contributed by atoms with van der Waals surface area (Å²) in [5.41, 5.74) is 5.36. The maximum Gasteiger partial charge on any atom is 0.305 e. The van der Waals surface area contributed by atoms with Crippen molar-refractivity contribution in [2.75, 3.05) is 13.2 Å². The fourth-order valence-electron chi connectivity index (χ4n) is 3.15. The zero-order valence-corrected chi connectivity index (χ0v) is 17.0. The summed E-state index contributed by atoms with van der Waals surface area (Å²) in [4.78, 5) is 11.3. The van der Waals surface area contributed by atoms with Crippen LogP contribution in [0.25, 0.3) is 0 Å². The molecule has 0 saturated heterocycles. The van der Waals surface area contributed by atoms with E-state index in [4.69, 9.17) is 10.5 Å². The number of carbonyl (C=O) groups is 1. The van der Waals surface area contributed by atoms with Crippen molar-refractivity contribution in [1.82, 2.24) is 0 Å². The molecule has 0 radical (unpaired) electrons. The van der Waals surface area contributed by atoms with Crippen molar-refractivity contribution in [3.63, 3.8) is 0 Å². The van der Waals surface area contributed by atoms with Crippen molar-refractivity contribution in [1.29, 1.82) is 0 Å². The molecule has 0 aliphatic carbocycles. The largest absolute Gasteiger partial charge is 0.466 e. The number of nitrogens with two attached hydrogens (primary N) is 1. The molecule has 0 saturated carbocycles. The van der Waals surface area contributed by atoms with Gasteiger partial charge in [0, 0.05) is 6.42 Å². The van der Waals surface area contributed by atoms with Crippen LogP contribution in [0.2, 0.25) is 0 Å². The van der Waals surface area contributed by atoms with Gasteiger partial charge in [0.25, 0.3) is 0 Å². The maximum atomic E-state index is 11.3. The third kappa shape index (κ3) is 21.4. The second kappa shape index (κ2) is 21.5. The first-order valence-electron chi connectivity index (χ1n) is 11.2. The van der Waals surface area contributed by atoms with E-state index >= 15 is 0 Å². The number of rotatable bonds is 20. The van der Waals surface area contributed by atoms with Gasteiger partial charge in [-0.3, -0.25) is 4.79 Å². The van der Waals surface area contributed by atoms with Gasteiger partial charge in [0.15, 0.2) is 0 Å². The zero-order chi connectivity index (χ0) is 18.4. The molecule has 0 amide bonds. The predicted octanol–water partition coefficient (Wildman–Crippen LogP) is 6.53. The Morgan fingerprint density at radius 2 is 1.04 bits per heavy atom. The van der Waals surface area contributed by atoms with Crippen molar-refractivity contribution >= 4 is 5.97 Å². The van der Waals surface area contributed by atoms with E-state index in [1.54, 1.807) is 0 Å². The molecule has 3 heteroatoms. The molecule has 2 N–H and O–H groups in total. The predicted molar refractivity (Wildman–Crippen MR) is 109 cm³/mol. The first-order valence-corrected chi connectivity index (χ1v) is 11.2. The van der Waals surface area contributed by atoms with Gasteiger partial charge in [-0.15, -0.1) is 0 Å². The molecule has 0 aromatic heterocycles. The Labute approximate surface area is 157 Å². The van der Waals surface area contributed by atoms with Gasteiger partial charge in [0.05, 0.1) is 6.61 Å². The van der Waals surface area contributed by atoms with Crippen molar-refractivity contribution in [3.05, 3.63) is 0 Å². The molecule has 0 bridgehead atoms. The first kappa shape index (κ1) is 24.4. The van der Waals surface area contributed by atoms with E-state index in [0.717, 1.165) is 12.8 Å². The SMILES string of the molecule is CCCCCCCCCCCCCCCCCCOC(=O)CCCN. The fraction of sp³-hybridized carbons (Fsp3) is 0.955. The molecular weight excluding hydrogens is 310 g/mol. The van der Waals surface area contributed by atoms with E-state index in [2.05, 4.69) is 6.92 Å². The molecule has 0 rings (SSSR count). The van der Waals surface area contributed by atoms with Crippen LogP contribution in [0.5, 0.6) is 0 Å². The lowest BCUT2D eigenvalue weighted by Gasteiger charge is -2.05. The molecule has 25 heavy (non-hydrogen) atoms. The van der Waals surface area contributed by atoms with Crippen LogP contribution in [0.3, 0.4) is 0 Å². The molecule has 0 heterocycles. The minimum atomic E-state index is -0.0913. The Balaban J connectivity index is 3.04. The Hall–Kier alpha value is -0.570. The summed E-state index contributed by atoms with van der Waals surface area (Å²) >= 11 is 0. The highest BCUT2D eigenvalue weighted by Gasteiger charge is 2.01.